The molecule has 0 spiro atoms. The Balaban J connectivity index is 2.20. The maximum atomic E-state index is 12.3. The molecule has 0 aromatic heterocycles. The lowest BCUT2D eigenvalue weighted by atomic mass is 10.1. The monoisotopic (exact) mass is 351 g/mol. The average Bonchev–Trinajstić information content (AvgIpc) is 2.48. The van der Waals surface area contributed by atoms with E-state index in [1.54, 1.807) is 6.07 Å². The van der Waals surface area contributed by atoms with Crippen LogP contribution in [0.15, 0.2) is 48.5 Å². The van der Waals surface area contributed by atoms with Crippen LogP contribution in [0.3, 0.4) is 0 Å². The summed E-state index contributed by atoms with van der Waals surface area (Å²) in [6, 6.07) is 15.2. The van der Waals surface area contributed by atoms with E-state index in [0.717, 1.165) is 11.1 Å². The van der Waals surface area contributed by atoms with Crippen LogP contribution < -0.4 is 5.32 Å². The molecule has 1 atom stereocenters. The molecule has 2 nitrogen and oxygen atoms in total. The Morgan fingerprint density at radius 3 is 2.55 bits per heavy atom. The van der Waals surface area contributed by atoms with Gasteiger partial charge in [0.15, 0.2) is 0 Å². The maximum Gasteiger partial charge on any atom is 0.253 e. The second-order valence-corrected chi connectivity index (χ2v) is 5.55. The van der Waals surface area contributed by atoms with Crippen LogP contribution in [-0.4, -0.2) is 11.2 Å². The number of rotatable bonds is 4. The SMILES string of the molecule is Cc1cccc(C(=O)NC(CBr)c2ccccc2)c1Cl. The van der Waals surface area contributed by atoms with Crippen molar-refractivity contribution < 1.29 is 4.79 Å². The van der Waals surface area contributed by atoms with Crippen LogP contribution in [0.4, 0.5) is 0 Å². The van der Waals surface area contributed by atoms with Crippen molar-refractivity contribution in [3.8, 4) is 0 Å². The van der Waals surface area contributed by atoms with Crippen molar-refractivity contribution in [3.05, 3.63) is 70.2 Å². The fourth-order valence-corrected chi connectivity index (χ4v) is 2.70. The second kappa shape index (κ2) is 6.91. The number of nitrogens with one attached hydrogen (secondary N) is 1. The van der Waals surface area contributed by atoms with Gasteiger partial charge in [-0.05, 0) is 24.1 Å². The van der Waals surface area contributed by atoms with Gasteiger partial charge in [0.25, 0.3) is 5.91 Å². The van der Waals surface area contributed by atoms with Gasteiger partial charge in [-0.3, -0.25) is 4.79 Å². The molecule has 0 bridgehead atoms. The van der Waals surface area contributed by atoms with Gasteiger partial charge in [-0.15, -0.1) is 0 Å². The molecule has 2 rings (SSSR count). The van der Waals surface area contributed by atoms with E-state index in [0.29, 0.717) is 15.9 Å². The molecular weight excluding hydrogens is 338 g/mol. The third-order valence-corrected chi connectivity index (χ3v) is 4.25. The molecule has 2 aromatic carbocycles. The van der Waals surface area contributed by atoms with Crippen molar-refractivity contribution in [2.24, 2.45) is 0 Å². The summed E-state index contributed by atoms with van der Waals surface area (Å²) in [7, 11) is 0. The first-order valence-corrected chi connectivity index (χ1v) is 7.80. The van der Waals surface area contributed by atoms with Crippen LogP contribution in [0.2, 0.25) is 5.02 Å². The van der Waals surface area contributed by atoms with Gasteiger partial charge in [-0.1, -0.05) is 70.0 Å². The minimum absolute atomic E-state index is 0.0831. The number of aryl methyl sites for hydroxylation is 1. The van der Waals surface area contributed by atoms with Crippen molar-refractivity contribution in [2.75, 3.05) is 5.33 Å². The van der Waals surface area contributed by atoms with Gasteiger partial charge >= 0.3 is 0 Å². The minimum Gasteiger partial charge on any atom is -0.344 e. The standard InChI is InChI=1S/C16H15BrClNO/c1-11-6-5-9-13(15(11)18)16(20)19-14(10-17)12-7-3-2-4-8-12/h2-9,14H,10H2,1H3,(H,19,20). The number of carbonyl (C=O) groups is 1. The van der Waals surface area contributed by atoms with Crippen LogP contribution in [0.25, 0.3) is 0 Å². The summed E-state index contributed by atoms with van der Waals surface area (Å²) < 4.78 is 0. The normalized spacial score (nSPS) is 11.9. The first-order chi connectivity index (χ1) is 9.63. The van der Waals surface area contributed by atoms with Crippen molar-refractivity contribution in [2.45, 2.75) is 13.0 Å². The molecule has 0 aliphatic carbocycles. The van der Waals surface area contributed by atoms with Crippen molar-refractivity contribution in [3.63, 3.8) is 0 Å². The molecule has 1 N–H and O–H groups in total. The largest absolute Gasteiger partial charge is 0.344 e. The fraction of sp³-hybridized carbons (Fsp3) is 0.188. The summed E-state index contributed by atoms with van der Waals surface area (Å²) in [5.41, 5.74) is 2.46. The maximum absolute atomic E-state index is 12.3. The van der Waals surface area contributed by atoms with E-state index in [1.807, 2.05) is 49.4 Å². The summed E-state index contributed by atoms with van der Waals surface area (Å²) in [6.07, 6.45) is 0. The molecular formula is C16H15BrClNO. The Morgan fingerprint density at radius 2 is 1.90 bits per heavy atom. The van der Waals surface area contributed by atoms with Crippen LogP contribution in [0, 0.1) is 6.92 Å². The van der Waals surface area contributed by atoms with E-state index in [4.69, 9.17) is 11.6 Å². The number of amides is 1. The Bertz CT molecular complexity index is 601. The highest BCUT2D eigenvalue weighted by Crippen LogP contribution is 2.22. The van der Waals surface area contributed by atoms with E-state index in [2.05, 4.69) is 21.2 Å². The Morgan fingerprint density at radius 1 is 1.20 bits per heavy atom. The van der Waals surface area contributed by atoms with E-state index < -0.39 is 0 Å². The van der Waals surface area contributed by atoms with E-state index >= 15 is 0 Å². The Labute approximate surface area is 132 Å². The van der Waals surface area contributed by atoms with Gasteiger partial charge < -0.3 is 5.32 Å². The molecule has 1 amide bonds. The molecule has 0 saturated carbocycles. The Hall–Kier alpha value is -1.32. The molecule has 2 aromatic rings. The van der Waals surface area contributed by atoms with Crippen LogP contribution in [0.5, 0.6) is 0 Å². The smallest absolute Gasteiger partial charge is 0.253 e. The topological polar surface area (TPSA) is 29.1 Å². The lowest BCUT2D eigenvalue weighted by Gasteiger charge is -2.17. The van der Waals surface area contributed by atoms with E-state index in [-0.39, 0.29) is 11.9 Å². The summed E-state index contributed by atoms with van der Waals surface area (Å²) >= 11 is 9.63. The summed E-state index contributed by atoms with van der Waals surface area (Å²) in [4.78, 5) is 12.3. The zero-order valence-electron chi connectivity index (χ0n) is 11.1. The molecule has 1 unspecified atom stereocenters. The third kappa shape index (κ3) is 3.41. The van der Waals surface area contributed by atoms with E-state index in [9.17, 15) is 4.79 Å². The predicted octanol–water partition coefficient (Wildman–Crippen LogP) is 4.51. The van der Waals surface area contributed by atoms with Gasteiger partial charge in [0.05, 0.1) is 16.6 Å². The Kier molecular flexibility index (Phi) is 5.21. The molecule has 0 fully saturated rings. The molecule has 104 valence electrons. The summed E-state index contributed by atoms with van der Waals surface area (Å²) in [5, 5.41) is 4.15. The van der Waals surface area contributed by atoms with Crippen molar-refractivity contribution in [1.82, 2.24) is 5.32 Å². The second-order valence-electron chi connectivity index (χ2n) is 4.53. The molecule has 20 heavy (non-hydrogen) atoms. The average molecular weight is 353 g/mol. The molecule has 0 radical (unpaired) electrons. The summed E-state index contributed by atoms with van der Waals surface area (Å²) in [6.45, 7) is 1.89. The lowest BCUT2D eigenvalue weighted by Crippen LogP contribution is -2.29. The highest BCUT2D eigenvalue weighted by molar-refractivity contribution is 9.09. The molecule has 0 aliphatic heterocycles. The quantitative estimate of drug-likeness (QED) is 0.806. The first kappa shape index (κ1) is 15.1. The van der Waals surface area contributed by atoms with Crippen LogP contribution >= 0.6 is 27.5 Å². The number of benzene rings is 2. The van der Waals surface area contributed by atoms with E-state index in [1.165, 1.54) is 0 Å². The highest BCUT2D eigenvalue weighted by atomic mass is 79.9. The zero-order chi connectivity index (χ0) is 14.5. The highest BCUT2D eigenvalue weighted by Gasteiger charge is 2.17. The minimum atomic E-state index is -0.160. The predicted molar refractivity (Wildman–Crippen MR) is 86.6 cm³/mol. The number of hydrogen-bond donors (Lipinski definition) is 1. The molecule has 0 saturated heterocycles. The fourth-order valence-electron chi connectivity index (χ4n) is 1.96. The van der Waals surface area contributed by atoms with Gasteiger partial charge in [-0.2, -0.15) is 0 Å². The lowest BCUT2D eigenvalue weighted by molar-refractivity contribution is 0.0941. The van der Waals surface area contributed by atoms with Gasteiger partial charge in [0, 0.05) is 5.33 Å². The van der Waals surface area contributed by atoms with Crippen molar-refractivity contribution >= 4 is 33.4 Å². The van der Waals surface area contributed by atoms with Gasteiger partial charge in [0.2, 0.25) is 0 Å². The number of alkyl halides is 1. The molecule has 4 heteroatoms. The number of halogens is 2. The number of carbonyl (C=O) groups excluding carboxylic acids is 1. The molecule has 0 aliphatic rings. The third-order valence-electron chi connectivity index (χ3n) is 3.10. The van der Waals surface area contributed by atoms with Crippen molar-refractivity contribution in [1.29, 1.82) is 0 Å². The zero-order valence-corrected chi connectivity index (χ0v) is 13.4. The van der Waals surface area contributed by atoms with Crippen LogP contribution in [0.1, 0.15) is 27.5 Å². The van der Waals surface area contributed by atoms with Gasteiger partial charge in [-0.25, -0.2) is 0 Å². The summed E-state index contributed by atoms with van der Waals surface area (Å²) in [5.74, 6) is -0.160. The van der Waals surface area contributed by atoms with Crippen LogP contribution in [-0.2, 0) is 0 Å². The molecule has 0 heterocycles. The number of hydrogen-bond acceptors (Lipinski definition) is 1. The first-order valence-electron chi connectivity index (χ1n) is 6.30. The van der Waals surface area contributed by atoms with Gasteiger partial charge in [0.1, 0.15) is 0 Å².